The summed E-state index contributed by atoms with van der Waals surface area (Å²) in [4.78, 5) is 0. The minimum Gasteiger partial charge on any atom is -0.206 e. The number of rotatable bonds is 1. The fourth-order valence-corrected chi connectivity index (χ4v) is 2.16. The average Bonchev–Trinajstić information content (AvgIpc) is 1.79. The van der Waals surface area contributed by atoms with E-state index in [2.05, 4.69) is 0 Å². The molecular formula is C9H14F4. The van der Waals surface area contributed by atoms with Crippen LogP contribution in [0.3, 0.4) is 0 Å². The molecule has 0 unspecified atom stereocenters. The Balaban J connectivity index is 2.91. The van der Waals surface area contributed by atoms with Crippen LogP contribution in [-0.4, -0.2) is 11.8 Å². The van der Waals surface area contributed by atoms with Crippen molar-refractivity contribution in [3.63, 3.8) is 0 Å². The Morgan fingerprint density at radius 2 is 1.38 bits per heavy atom. The minimum atomic E-state index is -3.20. The van der Waals surface area contributed by atoms with Gasteiger partial charge in [-0.05, 0) is 12.3 Å². The zero-order valence-corrected chi connectivity index (χ0v) is 7.79. The summed E-state index contributed by atoms with van der Waals surface area (Å²) in [5, 5.41) is 0. The van der Waals surface area contributed by atoms with Crippen molar-refractivity contribution < 1.29 is 17.6 Å². The molecule has 0 nitrogen and oxygen atoms in total. The van der Waals surface area contributed by atoms with E-state index in [1.807, 2.05) is 0 Å². The molecule has 0 spiro atoms. The molecule has 1 rings (SSSR count). The monoisotopic (exact) mass is 198 g/mol. The molecule has 0 heterocycles. The van der Waals surface area contributed by atoms with E-state index in [0.29, 0.717) is 0 Å². The van der Waals surface area contributed by atoms with Crippen LogP contribution in [0, 0.1) is 11.8 Å². The van der Waals surface area contributed by atoms with Gasteiger partial charge in [-0.25, -0.2) is 17.6 Å². The largest absolute Gasteiger partial charge is 0.256 e. The lowest BCUT2D eigenvalue weighted by atomic mass is 9.76. The van der Waals surface area contributed by atoms with Crippen molar-refractivity contribution >= 4 is 0 Å². The van der Waals surface area contributed by atoms with Crippen molar-refractivity contribution in [2.24, 2.45) is 11.8 Å². The van der Waals surface area contributed by atoms with Gasteiger partial charge in [-0.1, -0.05) is 13.8 Å². The van der Waals surface area contributed by atoms with Gasteiger partial charge >= 0.3 is 0 Å². The second-order valence-electron chi connectivity index (χ2n) is 4.10. The van der Waals surface area contributed by atoms with Gasteiger partial charge in [0.2, 0.25) is 0 Å². The average molecular weight is 198 g/mol. The van der Waals surface area contributed by atoms with E-state index in [1.54, 1.807) is 0 Å². The van der Waals surface area contributed by atoms with Gasteiger partial charge in [-0.3, -0.25) is 0 Å². The molecule has 1 aliphatic rings. The highest BCUT2D eigenvalue weighted by atomic mass is 19.3. The van der Waals surface area contributed by atoms with Crippen LogP contribution >= 0.6 is 0 Å². The van der Waals surface area contributed by atoms with E-state index in [1.165, 1.54) is 13.8 Å². The zero-order chi connectivity index (χ0) is 10.3. The van der Waals surface area contributed by atoms with Gasteiger partial charge < -0.3 is 0 Å². The molecule has 0 N–H and O–H groups in total. The summed E-state index contributed by atoms with van der Waals surface area (Å²) in [7, 11) is 0. The first-order valence-electron chi connectivity index (χ1n) is 4.53. The van der Waals surface area contributed by atoms with E-state index < -0.39 is 36.5 Å². The third kappa shape index (κ3) is 1.97. The first-order valence-corrected chi connectivity index (χ1v) is 4.53. The van der Waals surface area contributed by atoms with Crippen molar-refractivity contribution in [3.8, 4) is 0 Å². The molecule has 0 amide bonds. The van der Waals surface area contributed by atoms with Gasteiger partial charge in [0.1, 0.15) is 0 Å². The summed E-state index contributed by atoms with van der Waals surface area (Å²) in [6.07, 6.45) is -0.875. The molecule has 1 aliphatic carbocycles. The molecule has 0 aromatic heterocycles. The van der Waals surface area contributed by atoms with Crippen LogP contribution in [0.2, 0.25) is 0 Å². The van der Waals surface area contributed by atoms with Crippen molar-refractivity contribution in [3.05, 3.63) is 0 Å². The van der Waals surface area contributed by atoms with Gasteiger partial charge in [0.15, 0.2) is 0 Å². The van der Waals surface area contributed by atoms with Gasteiger partial charge in [0, 0.05) is 12.8 Å². The summed E-state index contributed by atoms with van der Waals surface area (Å²) >= 11 is 0. The molecule has 0 saturated heterocycles. The van der Waals surface area contributed by atoms with Crippen molar-refractivity contribution in [2.75, 3.05) is 0 Å². The van der Waals surface area contributed by atoms with E-state index in [9.17, 15) is 17.6 Å². The molecule has 1 fully saturated rings. The van der Waals surface area contributed by atoms with Crippen LogP contribution in [-0.2, 0) is 0 Å². The predicted molar refractivity (Wildman–Crippen MR) is 42.1 cm³/mol. The van der Waals surface area contributed by atoms with Crippen LogP contribution in [0.15, 0.2) is 0 Å². The van der Waals surface area contributed by atoms with Gasteiger partial charge in [-0.2, -0.15) is 0 Å². The lowest BCUT2D eigenvalue weighted by Gasteiger charge is -2.39. The fraction of sp³-hybridized carbons (Fsp3) is 1.00. The summed E-state index contributed by atoms with van der Waals surface area (Å²) in [6.45, 7) is 2.86. The molecule has 0 aromatic rings. The molecule has 0 bridgehead atoms. The Labute approximate surface area is 75.3 Å². The zero-order valence-electron chi connectivity index (χ0n) is 7.79. The quantitative estimate of drug-likeness (QED) is 0.563. The normalized spacial score (nSPS) is 27.9. The van der Waals surface area contributed by atoms with Gasteiger partial charge in [0.25, 0.3) is 11.8 Å². The second kappa shape index (κ2) is 3.14. The molecule has 0 aliphatic heterocycles. The van der Waals surface area contributed by atoms with Crippen LogP contribution in [0.25, 0.3) is 0 Å². The molecule has 0 aromatic carbocycles. The van der Waals surface area contributed by atoms with Gasteiger partial charge in [0.05, 0.1) is 5.92 Å². The smallest absolute Gasteiger partial charge is 0.206 e. The second-order valence-corrected chi connectivity index (χ2v) is 4.10. The Hall–Kier alpha value is -0.280. The standard InChI is InChI=1S/C9H14F4/c1-6(2)7-8(10,11)4-3-5-9(7,12)13/h6-7H,3-5H2,1-2H3. The minimum absolute atomic E-state index is 0.0801. The summed E-state index contributed by atoms with van der Waals surface area (Å²) < 4.78 is 52.5. The first kappa shape index (κ1) is 10.8. The summed E-state index contributed by atoms with van der Waals surface area (Å²) in [5.41, 5.74) is 0. The molecule has 1 saturated carbocycles. The van der Waals surface area contributed by atoms with Gasteiger partial charge in [-0.15, -0.1) is 0 Å². The third-order valence-corrected chi connectivity index (χ3v) is 2.60. The predicted octanol–water partition coefficient (Wildman–Crippen LogP) is 3.71. The number of hydrogen-bond acceptors (Lipinski definition) is 0. The Morgan fingerprint density at radius 3 is 1.62 bits per heavy atom. The highest BCUT2D eigenvalue weighted by Gasteiger charge is 2.58. The SMILES string of the molecule is CC(C)C1C(F)(F)CCCC1(F)F. The highest BCUT2D eigenvalue weighted by Crippen LogP contribution is 2.50. The van der Waals surface area contributed by atoms with Crippen molar-refractivity contribution in [1.82, 2.24) is 0 Å². The highest BCUT2D eigenvalue weighted by molar-refractivity contribution is 4.94. The van der Waals surface area contributed by atoms with Crippen molar-refractivity contribution in [2.45, 2.75) is 45.0 Å². The number of hydrogen-bond donors (Lipinski definition) is 0. The summed E-state index contributed by atoms with van der Waals surface area (Å²) in [5.74, 6) is -8.86. The van der Waals surface area contributed by atoms with E-state index in [4.69, 9.17) is 0 Å². The lowest BCUT2D eigenvalue weighted by Crippen LogP contribution is -2.48. The Morgan fingerprint density at radius 1 is 1.00 bits per heavy atom. The fourth-order valence-electron chi connectivity index (χ4n) is 2.16. The summed E-state index contributed by atoms with van der Waals surface area (Å²) in [6, 6.07) is 0. The topological polar surface area (TPSA) is 0 Å². The molecular weight excluding hydrogens is 184 g/mol. The molecule has 13 heavy (non-hydrogen) atoms. The Kier molecular flexibility index (Phi) is 2.61. The Bertz CT molecular complexity index is 170. The molecule has 0 atom stereocenters. The van der Waals surface area contributed by atoms with E-state index in [0.717, 1.165) is 0 Å². The van der Waals surface area contributed by atoms with Crippen molar-refractivity contribution in [1.29, 1.82) is 0 Å². The van der Waals surface area contributed by atoms with Crippen LogP contribution < -0.4 is 0 Å². The van der Waals surface area contributed by atoms with Crippen LogP contribution in [0.1, 0.15) is 33.1 Å². The van der Waals surface area contributed by atoms with Crippen LogP contribution in [0.4, 0.5) is 17.6 Å². The maximum absolute atomic E-state index is 13.1. The first-order chi connectivity index (χ1) is 5.77. The van der Waals surface area contributed by atoms with E-state index in [-0.39, 0.29) is 6.42 Å². The number of alkyl halides is 4. The maximum Gasteiger partial charge on any atom is 0.256 e. The third-order valence-electron chi connectivity index (χ3n) is 2.60. The number of halogens is 4. The maximum atomic E-state index is 13.1. The molecule has 78 valence electrons. The lowest BCUT2D eigenvalue weighted by molar-refractivity contribution is -0.216. The molecule has 0 radical (unpaired) electrons. The van der Waals surface area contributed by atoms with E-state index >= 15 is 0 Å². The molecule has 4 heteroatoms. The van der Waals surface area contributed by atoms with Crippen LogP contribution in [0.5, 0.6) is 0 Å².